The molecular weight excluding hydrogens is 364 g/mol. The van der Waals surface area contributed by atoms with Crippen molar-refractivity contribution in [3.05, 3.63) is 54.1 Å². The molecule has 1 heteroatoms. The molecule has 1 nitrogen and oxygen atoms in total. The molecule has 0 aromatic heterocycles. The molecule has 2 aromatic rings. The third kappa shape index (κ3) is 2.57. The summed E-state index contributed by atoms with van der Waals surface area (Å²) in [5, 5.41) is 13.1. The second kappa shape index (κ2) is 6.70. The Morgan fingerprint density at radius 1 is 0.867 bits per heavy atom. The molecule has 6 rings (SSSR count). The van der Waals surface area contributed by atoms with Gasteiger partial charge in [-0.05, 0) is 108 Å². The second-order valence-corrected chi connectivity index (χ2v) is 11.4. The third-order valence-corrected chi connectivity index (χ3v) is 10.3. The van der Waals surface area contributed by atoms with E-state index in [1.165, 1.54) is 54.9 Å². The topological polar surface area (TPSA) is 20.2 Å². The molecule has 158 valence electrons. The summed E-state index contributed by atoms with van der Waals surface area (Å²) < 4.78 is 0. The SMILES string of the molecule is C[C@]12CC[C@H](O)C[C@@H]1CC[C@@H]1[C@@H]2CC[C@]2(C)C(c3cccc4ccccc34)=CC[C@@H]12. The van der Waals surface area contributed by atoms with Gasteiger partial charge in [-0.2, -0.15) is 0 Å². The minimum atomic E-state index is -0.0420. The number of hydrogen-bond donors (Lipinski definition) is 1. The Bertz CT molecular complexity index is 999. The molecule has 0 amide bonds. The van der Waals surface area contributed by atoms with E-state index in [9.17, 15) is 5.11 Å². The smallest absolute Gasteiger partial charge is 0.0543 e. The number of aliphatic hydroxyl groups is 1. The number of rotatable bonds is 1. The van der Waals surface area contributed by atoms with Crippen LogP contribution < -0.4 is 0 Å². The molecular formula is C29H36O. The van der Waals surface area contributed by atoms with Crippen LogP contribution in [0.2, 0.25) is 0 Å². The van der Waals surface area contributed by atoms with Gasteiger partial charge in [-0.15, -0.1) is 0 Å². The minimum absolute atomic E-state index is 0.0420. The van der Waals surface area contributed by atoms with Crippen molar-refractivity contribution in [2.75, 3.05) is 0 Å². The average molecular weight is 401 g/mol. The number of fused-ring (bicyclic) bond motifs is 6. The van der Waals surface area contributed by atoms with Gasteiger partial charge in [0.15, 0.2) is 0 Å². The summed E-state index contributed by atoms with van der Waals surface area (Å²) in [6, 6.07) is 15.8. The molecule has 30 heavy (non-hydrogen) atoms. The predicted octanol–water partition coefficient (Wildman–Crippen LogP) is 7.24. The maximum absolute atomic E-state index is 10.3. The highest BCUT2D eigenvalue weighted by Gasteiger charge is 2.58. The summed E-state index contributed by atoms with van der Waals surface area (Å²) in [5.74, 6) is 3.28. The van der Waals surface area contributed by atoms with E-state index in [2.05, 4.69) is 62.4 Å². The molecule has 0 radical (unpaired) electrons. The van der Waals surface area contributed by atoms with E-state index < -0.39 is 0 Å². The fourth-order valence-corrected chi connectivity index (χ4v) is 8.68. The quantitative estimate of drug-likeness (QED) is 0.535. The maximum Gasteiger partial charge on any atom is 0.0543 e. The zero-order chi connectivity index (χ0) is 20.5. The van der Waals surface area contributed by atoms with Crippen molar-refractivity contribution >= 4 is 16.3 Å². The van der Waals surface area contributed by atoms with Crippen molar-refractivity contribution in [3.63, 3.8) is 0 Å². The third-order valence-electron chi connectivity index (χ3n) is 10.3. The Morgan fingerprint density at radius 2 is 1.70 bits per heavy atom. The van der Waals surface area contributed by atoms with E-state index in [1.807, 2.05) is 0 Å². The monoisotopic (exact) mass is 400 g/mol. The van der Waals surface area contributed by atoms with Gasteiger partial charge in [-0.25, -0.2) is 0 Å². The van der Waals surface area contributed by atoms with Gasteiger partial charge >= 0.3 is 0 Å². The van der Waals surface area contributed by atoms with Gasteiger partial charge in [0.25, 0.3) is 0 Å². The Kier molecular flexibility index (Phi) is 4.27. The van der Waals surface area contributed by atoms with Crippen LogP contribution in [-0.4, -0.2) is 11.2 Å². The van der Waals surface area contributed by atoms with Crippen molar-refractivity contribution in [2.45, 2.75) is 71.3 Å². The fraction of sp³-hybridized carbons (Fsp3) is 0.586. The first-order chi connectivity index (χ1) is 14.5. The van der Waals surface area contributed by atoms with Gasteiger partial charge in [0.05, 0.1) is 6.10 Å². The normalized spacial score (nSPS) is 42.9. The molecule has 3 saturated carbocycles. The first-order valence-electron chi connectivity index (χ1n) is 12.4. The van der Waals surface area contributed by atoms with Crippen LogP contribution in [0.5, 0.6) is 0 Å². The van der Waals surface area contributed by atoms with Crippen molar-refractivity contribution in [1.29, 1.82) is 0 Å². The second-order valence-electron chi connectivity index (χ2n) is 11.4. The summed E-state index contributed by atoms with van der Waals surface area (Å²) in [6.45, 7) is 5.19. The largest absolute Gasteiger partial charge is 0.393 e. The molecule has 3 fully saturated rings. The van der Waals surface area contributed by atoms with Crippen LogP contribution in [-0.2, 0) is 0 Å². The zero-order valence-electron chi connectivity index (χ0n) is 18.6. The van der Waals surface area contributed by atoms with E-state index in [4.69, 9.17) is 0 Å². The maximum atomic E-state index is 10.3. The van der Waals surface area contributed by atoms with Crippen LogP contribution in [0.15, 0.2) is 48.5 Å². The number of benzene rings is 2. The van der Waals surface area contributed by atoms with Crippen LogP contribution in [0.1, 0.15) is 70.8 Å². The lowest BCUT2D eigenvalue weighted by atomic mass is 9.44. The Morgan fingerprint density at radius 3 is 2.60 bits per heavy atom. The highest BCUT2D eigenvalue weighted by molar-refractivity contribution is 5.95. The van der Waals surface area contributed by atoms with Gasteiger partial charge in [0.2, 0.25) is 0 Å². The van der Waals surface area contributed by atoms with Gasteiger partial charge in [0.1, 0.15) is 0 Å². The first-order valence-corrected chi connectivity index (χ1v) is 12.4. The molecule has 0 unspecified atom stereocenters. The van der Waals surface area contributed by atoms with Gasteiger partial charge < -0.3 is 5.11 Å². The molecule has 4 aliphatic rings. The van der Waals surface area contributed by atoms with Gasteiger partial charge in [0, 0.05) is 0 Å². The molecule has 0 spiro atoms. The summed E-state index contributed by atoms with van der Waals surface area (Å²) in [6.07, 6.45) is 12.6. The van der Waals surface area contributed by atoms with E-state index >= 15 is 0 Å². The zero-order valence-corrected chi connectivity index (χ0v) is 18.6. The van der Waals surface area contributed by atoms with Crippen molar-refractivity contribution < 1.29 is 5.11 Å². The number of hydrogen-bond acceptors (Lipinski definition) is 1. The van der Waals surface area contributed by atoms with Gasteiger partial charge in [-0.1, -0.05) is 62.4 Å². The average Bonchev–Trinajstić information content (AvgIpc) is 3.11. The molecule has 0 heterocycles. The van der Waals surface area contributed by atoms with Gasteiger partial charge in [-0.3, -0.25) is 0 Å². The molecule has 1 N–H and O–H groups in total. The number of allylic oxidation sites excluding steroid dienone is 2. The molecule has 0 aliphatic heterocycles. The summed E-state index contributed by atoms with van der Waals surface area (Å²) in [4.78, 5) is 0. The summed E-state index contributed by atoms with van der Waals surface area (Å²) >= 11 is 0. The minimum Gasteiger partial charge on any atom is -0.393 e. The van der Waals surface area contributed by atoms with Crippen LogP contribution in [0.25, 0.3) is 16.3 Å². The van der Waals surface area contributed by atoms with E-state index in [0.717, 1.165) is 36.5 Å². The van der Waals surface area contributed by atoms with E-state index in [0.29, 0.717) is 10.8 Å². The summed E-state index contributed by atoms with van der Waals surface area (Å²) in [5.41, 5.74) is 3.90. The highest BCUT2D eigenvalue weighted by Crippen LogP contribution is 2.67. The summed E-state index contributed by atoms with van der Waals surface area (Å²) in [7, 11) is 0. The molecule has 4 aliphatic carbocycles. The lowest BCUT2D eigenvalue weighted by molar-refractivity contribution is -0.115. The highest BCUT2D eigenvalue weighted by atomic mass is 16.3. The Labute approximate surface area is 181 Å². The molecule has 7 atom stereocenters. The van der Waals surface area contributed by atoms with Crippen LogP contribution in [0.3, 0.4) is 0 Å². The predicted molar refractivity (Wildman–Crippen MR) is 125 cm³/mol. The standard InChI is InChI=1S/C29H36O/c1-28-16-14-21(30)18-20(28)10-11-24-26-13-12-25(29(26,2)17-15-27(24)28)23-9-5-7-19-6-3-4-8-22(19)23/h3-9,12,20-21,24,26-27,30H,10-11,13-18H2,1-2H3/t20-,21-,24-,26-,27-,28-,29+/m0/s1. The Hall–Kier alpha value is -1.60. The molecule has 0 bridgehead atoms. The van der Waals surface area contributed by atoms with E-state index in [1.54, 1.807) is 5.57 Å². The Balaban J connectivity index is 1.35. The molecule has 2 aromatic carbocycles. The van der Waals surface area contributed by atoms with Crippen LogP contribution >= 0.6 is 0 Å². The van der Waals surface area contributed by atoms with E-state index in [-0.39, 0.29) is 6.10 Å². The lowest BCUT2D eigenvalue weighted by Gasteiger charge is -2.60. The first kappa shape index (κ1) is 19.1. The van der Waals surface area contributed by atoms with Crippen molar-refractivity contribution in [2.24, 2.45) is 34.5 Å². The fourth-order valence-electron chi connectivity index (χ4n) is 8.68. The lowest BCUT2D eigenvalue weighted by Crippen LogP contribution is -2.53. The van der Waals surface area contributed by atoms with Crippen molar-refractivity contribution in [3.8, 4) is 0 Å². The van der Waals surface area contributed by atoms with Crippen LogP contribution in [0.4, 0.5) is 0 Å². The van der Waals surface area contributed by atoms with Crippen molar-refractivity contribution in [1.82, 2.24) is 0 Å². The van der Waals surface area contributed by atoms with Crippen LogP contribution in [0, 0.1) is 34.5 Å². The molecule has 0 saturated heterocycles. The number of aliphatic hydroxyl groups excluding tert-OH is 1.